The first-order valence-corrected chi connectivity index (χ1v) is 12.0. The van der Waals surface area contributed by atoms with Gasteiger partial charge in [0, 0.05) is 17.9 Å². The molecular formula is C25H32N2O4. The van der Waals surface area contributed by atoms with E-state index in [1.54, 1.807) is 0 Å². The average molecular weight is 425 g/mol. The summed E-state index contributed by atoms with van der Waals surface area (Å²) in [5.74, 6) is 1.91. The lowest BCUT2D eigenvalue weighted by molar-refractivity contribution is -0.158. The van der Waals surface area contributed by atoms with Crippen LogP contribution in [0.25, 0.3) is 0 Å². The maximum absolute atomic E-state index is 13.4. The van der Waals surface area contributed by atoms with Crippen molar-refractivity contribution in [3.63, 3.8) is 0 Å². The summed E-state index contributed by atoms with van der Waals surface area (Å²) in [5, 5.41) is 13.5. The van der Waals surface area contributed by atoms with Gasteiger partial charge in [-0.25, -0.2) is 4.79 Å². The fourth-order valence-electron chi connectivity index (χ4n) is 7.23. The van der Waals surface area contributed by atoms with Crippen LogP contribution in [0.3, 0.4) is 0 Å². The zero-order valence-corrected chi connectivity index (χ0v) is 17.9. The quantitative estimate of drug-likeness (QED) is 0.762. The van der Waals surface area contributed by atoms with E-state index in [0.717, 1.165) is 38.5 Å². The van der Waals surface area contributed by atoms with Crippen LogP contribution < -0.4 is 5.32 Å². The predicted molar refractivity (Wildman–Crippen MR) is 114 cm³/mol. The molecule has 5 aliphatic carbocycles. The molecular weight excluding hydrogens is 392 g/mol. The Balaban J connectivity index is 1.17. The summed E-state index contributed by atoms with van der Waals surface area (Å²) in [6, 6.07) is 10.9. The van der Waals surface area contributed by atoms with Crippen LogP contribution in [0.2, 0.25) is 0 Å². The normalized spacial score (nSPS) is 38.6. The third-order valence-corrected chi connectivity index (χ3v) is 8.90. The van der Waals surface area contributed by atoms with Crippen molar-refractivity contribution >= 4 is 12.0 Å². The van der Waals surface area contributed by atoms with E-state index < -0.39 is 0 Å². The Labute approximate surface area is 183 Å². The molecule has 0 atom stereocenters. The lowest BCUT2D eigenvalue weighted by Crippen LogP contribution is -2.63. The highest BCUT2D eigenvalue weighted by Crippen LogP contribution is 2.64. The molecule has 4 bridgehead atoms. The fourth-order valence-corrected chi connectivity index (χ4v) is 7.23. The van der Waals surface area contributed by atoms with Crippen LogP contribution in [0, 0.1) is 23.7 Å². The molecule has 2 N–H and O–H groups in total. The molecule has 1 aromatic carbocycles. The summed E-state index contributed by atoms with van der Waals surface area (Å²) in [7, 11) is 0. The first-order chi connectivity index (χ1) is 15.0. The number of aliphatic hydroxyl groups excluding tert-OH is 1. The number of nitrogens with zero attached hydrogens (tertiary/aromatic N) is 1. The van der Waals surface area contributed by atoms with E-state index in [1.165, 1.54) is 5.56 Å². The molecule has 6 heteroatoms. The van der Waals surface area contributed by atoms with Gasteiger partial charge in [-0.3, -0.25) is 4.79 Å². The number of hydrogen-bond donors (Lipinski definition) is 2. The molecule has 7 rings (SSSR count). The van der Waals surface area contributed by atoms with Gasteiger partial charge in [-0.15, -0.1) is 0 Å². The number of alkyl carbamates (subject to hydrolysis) is 1. The van der Waals surface area contributed by atoms with E-state index in [4.69, 9.17) is 4.74 Å². The number of likely N-dealkylation sites (tertiary alicyclic amines) is 1. The summed E-state index contributed by atoms with van der Waals surface area (Å²) in [4.78, 5) is 27.1. The zero-order chi connectivity index (χ0) is 21.2. The summed E-state index contributed by atoms with van der Waals surface area (Å²) >= 11 is 0. The predicted octanol–water partition coefficient (Wildman–Crippen LogP) is 2.84. The molecule has 0 aromatic heterocycles. The SMILES string of the molecule is O=C(NC1CC1)OC1CN(C(=O)CC2(c3ccccc3)C3CC4CC2CC(C3)C4O)C1. The van der Waals surface area contributed by atoms with Gasteiger partial charge >= 0.3 is 6.09 Å². The van der Waals surface area contributed by atoms with Gasteiger partial charge in [0.1, 0.15) is 6.10 Å². The maximum atomic E-state index is 13.4. The third-order valence-electron chi connectivity index (χ3n) is 8.90. The molecule has 1 saturated heterocycles. The molecule has 6 fully saturated rings. The van der Waals surface area contributed by atoms with Crippen molar-refractivity contribution in [2.24, 2.45) is 23.7 Å². The Morgan fingerprint density at radius 1 is 1.03 bits per heavy atom. The minimum Gasteiger partial charge on any atom is -0.442 e. The minimum absolute atomic E-state index is 0.124. The number of ether oxygens (including phenoxy) is 1. The smallest absolute Gasteiger partial charge is 0.407 e. The highest BCUT2D eigenvalue weighted by molar-refractivity contribution is 5.79. The van der Waals surface area contributed by atoms with Gasteiger partial charge in [-0.2, -0.15) is 0 Å². The molecule has 166 valence electrons. The Morgan fingerprint density at radius 2 is 1.65 bits per heavy atom. The van der Waals surface area contributed by atoms with Crippen molar-refractivity contribution in [1.29, 1.82) is 0 Å². The van der Waals surface area contributed by atoms with Gasteiger partial charge in [-0.1, -0.05) is 30.3 Å². The molecule has 31 heavy (non-hydrogen) atoms. The van der Waals surface area contributed by atoms with Crippen LogP contribution in [0.15, 0.2) is 30.3 Å². The molecule has 1 heterocycles. The number of carbonyl (C=O) groups excluding carboxylic acids is 2. The van der Waals surface area contributed by atoms with Crippen molar-refractivity contribution < 1.29 is 19.4 Å². The van der Waals surface area contributed by atoms with E-state index >= 15 is 0 Å². The van der Waals surface area contributed by atoms with Crippen molar-refractivity contribution in [2.75, 3.05) is 13.1 Å². The van der Waals surface area contributed by atoms with Crippen LogP contribution in [-0.2, 0) is 14.9 Å². The van der Waals surface area contributed by atoms with E-state index in [-0.39, 0.29) is 35.7 Å². The number of amides is 2. The molecule has 5 saturated carbocycles. The van der Waals surface area contributed by atoms with Crippen molar-refractivity contribution in [3.05, 3.63) is 35.9 Å². The van der Waals surface area contributed by atoms with Gasteiger partial charge in [0.2, 0.25) is 5.91 Å². The Morgan fingerprint density at radius 3 is 2.23 bits per heavy atom. The molecule has 6 aliphatic rings. The molecule has 0 spiro atoms. The van der Waals surface area contributed by atoms with E-state index in [2.05, 4.69) is 29.6 Å². The zero-order valence-electron chi connectivity index (χ0n) is 17.9. The van der Waals surface area contributed by atoms with Gasteiger partial charge < -0.3 is 20.1 Å². The molecule has 1 aliphatic heterocycles. The number of carbonyl (C=O) groups is 2. The topological polar surface area (TPSA) is 78.9 Å². The van der Waals surface area contributed by atoms with E-state index in [0.29, 0.717) is 43.2 Å². The summed E-state index contributed by atoms with van der Waals surface area (Å²) < 4.78 is 5.45. The summed E-state index contributed by atoms with van der Waals surface area (Å²) in [5.41, 5.74) is 1.17. The van der Waals surface area contributed by atoms with Crippen molar-refractivity contribution in [2.45, 2.75) is 68.6 Å². The second-order valence-corrected chi connectivity index (χ2v) is 10.7. The van der Waals surface area contributed by atoms with E-state index in [1.807, 2.05) is 11.0 Å². The number of nitrogens with one attached hydrogen (secondary N) is 1. The second-order valence-electron chi connectivity index (χ2n) is 10.7. The van der Waals surface area contributed by atoms with Crippen molar-refractivity contribution in [3.8, 4) is 0 Å². The summed E-state index contributed by atoms with van der Waals surface area (Å²) in [6.45, 7) is 1.00. The number of rotatable bonds is 5. The van der Waals surface area contributed by atoms with Gasteiger partial charge in [-0.05, 0) is 67.8 Å². The van der Waals surface area contributed by atoms with Gasteiger partial charge in [0.25, 0.3) is 0 Å². The Kier molecular flexibility index (Phi) is 4.57. The molecule has 1 aromatic rings. The summed E-state index contributed by atoms with van der Waals surface area (Å²) in [6.07, 6.45) is 6.04. The number of hydrogen-bond acceptors (Lipinski definition) is 4. The van der Waals surface area contributed by atoms with Crippen molar-refractivity contribution in [1.82, 2.24) is 10.2 Å². The van der Waals surface area contributed by atoms with Crippen LogP contribution >= 0.6 is 0 Å². The largest absolute Gasteiger partial charge is 0.442 e. The molecule has 2 amide bonds. The lowest BCUT2D eigenvalue weighted by Gasteiger charge is -2.63. The maximum Gasteiger partial charge on any atom is 0.407 e. The first-order valence-electron chi connectivity index (χ1n) is 12.0. The third kappa shape index (κ3) is 3.25. The van der Waals surface area contributed by atoms with Crippen LogP contribution in [0.1, 0.15) is 50.5 Å². The highest BCUT2D eigenvalue weighted by Gasteiger charge is 2.61. The standard InChI is InChI=1S/C25H32N2O4/c28-22(27-13-21(14-27)31-24(30)26-20-6-7-20)12-25(17-4-2-1-3-5-17)18-8-15-9-19(25)11-16(10-18)23(15)29/h1-5,15-16,18-21,23,29H,6-14H2,(H,26,30). The first kappa shape index (κ1) is 19.6. The Hall–Kier alpha value is -2.08. The minimum atomic E-state index is -0.347. The molecule has 6 nitrogen and oxygen atoms in total. The second kappa shape index (κ2) is 7.22. The van der Waals surface area contributed by atoms with E-state index in [9.17, 15) is 14.7 Å². The Bertz CT molecular complexity index is 832. The van der Waals surface area contributed by atoms with Crippen LogP contribution in [0.4, 0.5) is 4.79 Å². The van der Waals surface area contributed by atoms with Crippen LogP contribution in [-0.4, -0.2) is 53.3 Å². The van der Waals surface area contributed by atoms with Crippen LogP contribution in [0.5, 0.6) is 0 Å². The van der Waals surface area contributed by atoms with Gasteiger partial charge in [0.15, 0.2) is 0 Å². The highest BCUT2D eigenvalue weighted by atomic mass is 16.6. The number of aliphatic hydroxyl groups is 1. The average Bonchev–Trinajstić information content (AvgIpc) is 3.53. The fraction of sp³-hybridized carbons (Fsp3) is 0.680. The monoisotopic (exact) mass is 424 g/mol. The molecule has 0 radical (unpaired) electrons. The van der Waals surface area contributed by atoms with Gasteiger partial charge in [0.05, 0.1) is 19.2 Å². The molecule has 0 unspecified atom stereocenters. The number of benzene rings is 1. The lowest BCUT2D eigenvalue weighted by atomic mass is 9.42.